The van der Waals surface area contributed by atoms with Crippen molar-refractivity contribution in [1.82, 2.24) is 9.97 Å². The summed E-state index contributed by atoms with van der Waals surface area (Å²) in [7, 11) is 0. The van der Waals surface area contributed by atoms with Crippen LogP contribution in [-0.4, -0.2) is 16.6 Å². The van der Waals surface area contributed by atoms with Gasteiger partial charge in [-0.25, -0.2) is 9.97 Å². The van der Waals surface area contributed by atoms with Crippen molar-refractivity contribution in [3.8, 4) is 17.1 Å². The average molecular weight is 395 g/mol. The Labute approximate surface area is 177 Å². The van der Waals surface area contributed by atoms with Gasteiger partial charge in [0, 0.05) is 17.5 Å². The molecule has 3 nitrogen and oxygen atoms in total. The highest BCUT2D eigenvalue weighted by atomic mass is 16.5. The molecule has 0 amide bonds. The summed E-state index contributed by atoms with van der Waals surface area (Å²) in [5, 5.41) is 0. The maximum atomic E-state index is 6.04. The first-order valence-electron chi connectivity index (χ1n) is 11.8. The van der Waals surface area contributed by atoms with Crippen LogP contribution in [0.25, 0.3) is 11.4 Å². The highest BCUT2D eigenvalue weighted by molar-refractivity contribution is 5.56. The molecule has 2 atom stereocenters. The van der Waals surface area contributed by atoms with E-state index in [4.69, 9.17) is 9.72 Å². The summed E-state index contributed by atoms with van der Waals surface area (Å²) in [5.41, 5.74) is 3.69. The molecular weight excluding hydrogens is 356 g/mol. The molecule has 0 bridgehead atoms. The second-order valence-corrected chi connectivity index (χ2v) is 8.67. The van der Waals surface area contributed by atoms with Crippen molar-refractivity contribution in [2.45, 2.75) is 85.0 Å². The highest BCUT2D eigenvalue weighted by Crippen LogP contribution is 2.29. The van der Waals surface area contributed by atoms with Crippen molar-refractivity contribution in [2.24, 2.45) is 11.8 Å². The zero-order valence-electron chi connectivity index (χ0n) is 18.6. The number of hydrogen-bond acceptors (Lipinski definition) is 3. The molecule has 0 saturated heterocycles. The van der Waals surface area contributed by atoms with E-state index in [2.05, 4.69) is 56.2 Å². The first-order valence-corrected chi connectivity index (χ1v) is 11.8. The molecule has 0 radical (unpaired) electrons. The van der Waals surface area contributed by atoms with E-state index in [1.54, 1.807) is 0 Å². The average Bonchev–Trinajstić information content (AvgIpc) is 2.77. The topological polar surface area (TPSA) is 35.0 Å². The Morgan fingerprint density at radius 3 is 2.59 bits per heavy atom. The van der Waals surface area contributed by atoms with Gasteiger partial charge >= 0.3 is 0 Å². The summed E-state index contributed by atoms with van der Waals surface area (Å²) in [6, 6.07) is 8.31. The zero-order chi connectivity index (χ0) is 20.5. The number of rotatable bonds is 11. The van der Waals surface area contributed by atoms with Gasteiger partial charge in [0.15, 0.2) is 5.82 Å². The van der Waals surface area contributed by atoms with Gasteiger partial charge < -0.3 is 4.74 Å². The van der Waals surface area contributed by atoms with Crippen LogP contribution in [0.2, 0.25) is 0 Å². The number of hydrogen-bond donors (Lipinski definition) is 0. The highest BCUT2D eigenvalue weighted by Gasteiger charge is 2.20. The maximum absolute atomic E-state index is 6.04. The van der Waals surface area contributed by atoms with Gasteiger partial charge in [-0.3, -0.25) is 0 Å². The molecule has 0 spiro atoms. The Hall–Kier alpha value is -1.90. The van der Waals surface area contributed by atoms with Crippen molar-refractivity contribution in [3.63, 3.8) is 0 Å². The molecular formula is C26H38N2O. The minimum Gasteiger partial charge on any atom is -0.493 e. The third-order valence-electron chi connectivity index (χ3n) is 6.36. The molecule has 1 aliphatic carbocycles. The first-order chi connectivity index (χ1) is 14.2. The molecule has 29 heavy (non-hydrogen) atoms. The molecule has 1 heterocycles. The van der Waals surface area contributed by atoms with E-state index < -0.39 is 0 Å². The van der Waals surface area contributed by atoms with Crippen LogP contribution in [0.1, 0.15) is 83.4 Å². The number of aromatic nitrogens is 2. The molecule has 158 valence electrons. The Bertz CT molecular complexity index is 741. The van der Waals surface area contributed by atoms with E-state index in [0.29, 0.717) is 5.92 Å². The molecule has 1 aromatic carbocycles. The Morgan fingerprint density at radius 2 is 1.86 bits per heavy atom. The number of ether oxygens (including phenoxy) is 1. The molecule has 3 rings (SSSR count). The van der Waals surface area contributed by atoms with Gasteiger partial charge in [-0.2, -0.15) is 0 Å². The fraction of sp³-hybridized carbons (Fsp3) is 0.615. The van der Waals surface area contributed by atoms with Crippen LogP contribution >= 0.6 is 0 Å². The summed E-state index contributed by atoms with van der Waals surface area (Å²) >= 11 is 0. The van der Waals surface area contributed by atoms with Gasteiger partial charge in [-0.1, -0.05) is 59.3 Å². The predicted octanol–water partition coefficient (Wildman–Crippen LogP) is 7.03. The van der Waals surface area contributed by atoms with E-state index in [0.717, 1.165) is 42.5 Å². The van der Waals surface area contributed by atoms with Gasteiger partial charge in [-0.05, 0) is 67.3 Å². The van der Waals surface area contributed by atoms with Crippen LogP contribution in [0.5, 0.6) is 5.75 Å². The summed E-state index contributed by atoms with van der Waals surface area (Å²) in [6.45, 7) is 7.59. The van der Waals surface area contributed by atoms with Gasteiger partial charge in [-0.15, -0.1) is 0 Å². The fourth-order valence-corrected chi connectivity index (χ4v) is 4.27. The Morgan fingerprint density at radius 1 is 1.07 bits per heavy atom. The van der Waals surface area contributed by atoms with E-state index in [1.165, 1.54) is 62.6 Å². The van der Waals surface area contributed by atoms with Crippen molar-refractivity contribution < 1.29 is 4.74 Å². The van der Waals surface area contributed by atoms with Crippen LogP contribution in [0.4, 0.5) is 0 Å². The van der Waals surface area contributed by atoms with Gasteiger partial charge in [0.05, 0.1) is 6.61 Å². The Kier molecular flexibility index (Phi) is 8.52. The van der Waals surface area contributed by atoms with Gasteiger partial charge in [0.2, 0.25) is 0 Å². The molecule has 1 aliphatic rings. The SMILES string of the molecule is CCCCC(CC)COc1ccc(-c2ncc3c(n2)CCC(CCCC)C3)cc1. The van der Waals surface area contributed by atoms with Gasteiger partial charge in [0.25, 0.3) is 0 Å². The molecule has 0 N–H and O–H groups in total. The largest absolute Gasteiger partial charge is 0.493 e. The van der Waals surface area contributed by atoms with Crippen LogP contribution < -0.4 is 4.74 Å². The van der Waals surface area contributed by atoms with Crippen molar-refractivity contribution in [3.05, 3.63) is 41.7 Å². The summed E-state index contributed by atoms with van der Waals surface area (Å²) < 4.78 is 6.04. The second kappa shape index (κ2) is 11.3. The molecule has 3 heteroatoms. The van der Waals surface area contributed by atoms with Crippen LogP contribution in [-0.2, 0) is 12.8 Å². The number of fused-ring (bicyclic) bond motifs is 1. The van der Waals surface area contributed by atoms with Gasteiger partial charge in [0.1, 0.15) is 5.75 Å². The molecule has 0 saturated carbocycles. The standard InChI is InChI=1S/C26H38N2O/c1-4-7-9-20(6-3)19-29-24-14-12-22(13-15-24)26-27-18-23-17-21(10-8-5-2)11-16-25(23)28-26/h12-15,18,20-21H,4-11,16-17,19H2,1-3H3. The summed E-state index contributed by atoms with van der Waals surface area (Å²) in [6.07, 6.45) is 14.5. The van der Waals surface area contributed by atoms with E-state index in [-0.39, 0.29) is 0 Å². The number of unbranched alkanes of at least 4 members (excludes halogenated alkanes) is 2. The minimum atomic E-state index is 0.653. The second-order valence-electron chi connectivity index (χ2n) is 8.67. The van der Waals surface area contributed by atoms with Crippen molar-refractivity contribution >= 4 is 0 Å². The molecule has 2 unspecified atom stereocenters. The lowest BCUT2D eigenvalue weighted by Crippen LogP contribution is -2.16. The van der Waals surface area contributed by atoms with E-state index in [9.17, 15) is 0 Å². The van der Waals surface area contributed by atoms with Crippen LogP contribution in [0.15, 0.2) is 30.5 Å². The van der Waals surface area contributed by atoms with E-state index in [1.807, 2.05) is 0 Å². The normalized spacial score (nSPS) is 17.0. The van der Waals surface area contributed by atoms with Crippen LogP contribution in [0, 0.1) is 11.8 Å². The Balaban J connectivity index is 1.59. The third-order valence-corrected chi connectivity index (χ3v) is 6.36. The number of aryl methyl sites for hydroxylation is 1. The maximum Gasteiger partial charge on any atom is 0.159 e. The first kappa shape index (κ1) is 21.8. The molecule has 1 aromatic heterocycles. The molecule has 0 aliphatic heterocycles. The lowest BCUT2D eigenvalue weighted by molar-refractivity contribution is 0.233. The number of benzene rings is 1. The number of nitrogens with zero attached hydrogens (tertiary/aromatic N) is 2. The molecule has 0 fully saturated rings. The fourth-order valence-electron chi connectivity index (χ4n) is 4.27. The minimum absolute atomic E-state index is 0.653. The van der Waals surface area contributed by atoms with Crippen molar-refractivity contribution in [2.75, 3.05) is 6.61 Å². The quantitative estimate of drug-likeness (QED) is 0.410. The summed E-state index contributed by atoms with van der Waals surface area (Å²) in [4.78, 5) is 9.57. The predicted molar refractivity (Wildman–Crippen MR) is 121 cm³/mol. The smallest absolute Gasteiger partial charge is 0.159 e. The zero-order valence-corrected chi connectivity index (χ0v) is 18.6. The summed E-state index contributed by atoms with van der Waals surface area (Å²) in [5.74, 6) is 3.26. The third kappa shape index (κ3) is 6.29. The van der Waals surface area contributed by atoms with Crippen LogP contribution in [0.3, 0.4) is 0 Å². The van der Waals surface area contributed by atoms with E-state index >= 15 is 0 Å². The monoisotopic (exact) mass is 394 g/mol. The lowest BCUT2D eigenvalue weighted by atomic mass is 9.84. The molecule has 2 aromatic rings. The lowest BCUT2D eigenvalue weighted by Gasteiger charge is -2.23. The van der Waals surface area contributed by atoms with Crippen molar-refractivity contribution in [1.29, 1.82) is 0 Å².